The van der Waals surface area contributed by atoms with Crippen molar-refractivity contribution in [2.75, 3.05) is 25.0 Å². The molecule has 60 heavy (non-hydrogen) atoms. The Morgan fingerprint density at radius 2 is 1.22 bits per heavy atom. The van der Waals surface area contributed by atoms with Crippen LogP contribution in [0, 0.1) is 0 Å². The molecule has 1 heterocycles. The van der Waals surface area contributed by atoms with Gasteiger partial charge in [0.1, 0.15) is 6.04 Å². The molecule has 1 saturated heterocycles. The minimum Gasteiger partial charge on any atom is -0.464 e. The van der Waals surface area contributed by atoms with Crippen molar-refractivity contribution in [3.05, 3.63) is 144 Å². The number of hydrogen-bond donors (Lipinski definition) is 2. The number of aliphatic imine (C=N–C) groups is 1. The minimum atomic E-state index is -0.792. The highest BCUT2D eigenvalue weighted by atomic mass is 35.5. The van der Waals surface area contributed by atoms with Crippen molar-refractivity contribution >= 4 is 47.2 Å². The van der Waals surface area contributed by atoms with Gasteiger partial charge >= 0.3 is 12.0 Å². The van der Waals surface area contributed by atoms with Crippen LogP contribution < -0.4 is 11.1 Å². The number of nitrogens with two attached hydrogens (primary N) is 1. The van der Waals surface area contributed by atoms with E-state index in [0.29, 0.717) is 24.8 Å². The topological polar surface area (TPSA) is 131 Å². The van der Waals surface area contributed by atoms with Gasteiger partial charge in [0.05, 0.1) is 11.9 Å². The van der Waals surface area contributed by atoms with E-state index in [1.807, 2.05) is 66.7 Å². The summed E-state index contributed by atoms with van der Waals surface area (Å²) in [5.41, 5.74) is 10.8. The number of benzene rings is 4. The number of urea groups is 1. The van der Waals surface area contributed by atoms with Gasteiger partial charge in [-0.1, -0.05) is 160 Å². The van der Waals surface area contributed by atoms with Gasteiger partial charge in [0, 0.05) is 36.8 Å². The summed E-state index contributed by atoms with van der Waals surface area (Å²) in [6.45, 7) is 3.27. The van der Waals surface area contributed by atoms with E-state index in [-0.39, 0.29) is 29.3 Å². The fourth-order valence-corrected chi connectivity index (χ4v) is 8.53. The molecule has 0 aromatic heterocycles. The van der Waals surface area contributed by atoms with Crippen LogP contribution >= 0.6 is 23.2 Å². The number of alkyl halides is 2. The van der Waals surface area contributed by atoms with Crippen LogP contribution in [0.15, 0.2) is 126 Å². The molecule has 3 fully saturated rings. The molecule has 320 valence electrons. The number of nitrogens with one attached hydrogen (secondary N) is 1. The van der Waals surface area contributed by atoms with Crippen LogP contribution in [0.3, 0.4) is 0 Å². The lowest BCUT2D eigenvalue weighted by Crippen LogP contribution is -2.45. The molecule has 0 radical (unpaired) electrons. The molecule has 0 bridgehead atoms. The van der Waals surface area contributed by atoms with Crippen molar-refractivity contribution in [3.63, 3.8) is 0 Å². The molecule has 3 aliphatic rings. The molecule has 3 amide bonds. The molecule has 1 aliphatic heterocycles. The normalized spacial score (nSPS) is 18.0. The number of carbonyl (C=O) groups excluding carboxylic acids is 4. The van der Waals surface area contributed by atoms with Crippen molar-refractivity contribution in [2.45, 2.75) is 107 Å². The van der Waals surface area contributed by atoms with Gasteiger partial charge in [0.15, 0.2) is 6.04 Å². The van der Waals surface area contributed by atoms with Gasteiger partial charge in [0.2, 0.25) is 6.08 Å². The molecule has 4 aromatic rings. The largest absolute Gasteiger partial charge is 0.464 e. The summed E-state index contributed by atoms with van der Waals surface area (Å²) in [5, 5.41) is 3.09. The second-order valence-electron chi connectivity index (χ2n) is 15.5. The second-order valence-corrected chi connectivity index (χ2v) is 16.3. The zero-order valence-electron chi connectivity index (χ0n) is 34.8. The SMILES string of the molecule is CCOC(=O)C(Cc1ccccc1)N=C=O.ClCCl.NCC1(c2ccccc2)CCCCC1.O=C1NC(Cc2ccccc2)C(=O)N1CC1(c2ccccc2)CCCCC1. The number of halogens is 2. The molecule has 2 atom stereocenters. The highest BCUT2D eigenvalue weighted by molar-refractivity contribution is 6.40. The zero-order chi connectivity index (χ0) is 43.1. The van der Waals surface area contributed by atoms with Crippen LogP contribution in [0.1, 0.15) is 93.4 Å². The number of nitrogens with zero attached hydrogens (tertiary/aromatic N) is 2. The van der Waals surface area contributed by atoms with Crippen LogP contribution in [0.2, 0.25) is 0 Å². The first-order valence-corrected chi connectivity index (χ1v) is 22.2. The number of isocyanates is 1. The molecular formula is C49H60Cl2N4O5. The minimum absolute atomic E-state index is 0.0928. The van der Waals surface area contributed by atoms with Gasteiger partial charge in [0.25, 0.3) is 5.91 Å². The monoisotopic (exact) mass is 854 g/mol. The fourth-order valence-electron chi connectivity index (χ4n) is 8.53. The van der Waals surface area contributed by atoms with Crippen molar-refractivity contribution in [2.24, 2.45) is 10.7 Å². The molecular weight excluding hydrogens is 795 g/mol. The van der Waals surface area contributed by atoms with Gasteiger partial charge in [-0.05, 0) is 54.9 Å². The average Bonchev–Trinajstić information content (AvgIpc) is 3.55. The number of amides is 3. The van der Waals surface area contributed by atoms with Crippen molar-refractivity contribution in [1.29, 1.82) is 0 Å². The quantitative estimate of drug-likeness (QED) is 0.0480. The Morgan fingerprint density at radius 1 is 0.767 bits per heavy atom. The first kappa shape index (κ1) is 47.9. The third-order valence-corrected chi connectivity index (χ3v) is 11.7. The lowest BCUT2D eigenvalue weighted by molar-refractivity contribution is -0.144. The van der Waals surface area contributed by atoms with E-state index in [9.17, 15) is 19.2 Å². The summed E-state index contributed by atoms with van der Waals surface area (Å²) in [5.74, 6) is -0.584. The average molecular weight is 856 g/mol. The molecule has 9 nitrogen and oxygen atoms in total. The highest BCUT2D eigenvalue weighted by Crippen LogP contribution is 2.41. The molecule has 0 spiro atoms. The smallest absolute Gasteiger partial charge is 0.332 e. The first-order valence-electron chi connectivity index (χ1n) is 21.1. The number of esters is 1. The summed E-state index contributed by atoms with van der Waals surface area (Å²) in [6, 6.07) is 38.9. The standard InChI is InChI=1S/C23H26N2O2.C13H19N.C12H13NO3.CH2Cl2/c26-21-20(16-18-10-4-1-5-11-18)24-22(27)25(21)17-23(14-8-3-9-15-23)19-12-6-2-7-13-19;14-11-13(9-5-2-6-10-13)12-7-3-1-4-8-12;1-2-16-12(15)11(13-9-14)8-10-6-4-3-5-7-10;2-1-3/h1-2,4-7,10-13,20H,3,8-9,14-17H2,(H,24,27);1,3-4,7-8H,2,5-6,9-11,14H2;3-7,11H,2,8H2,1H3;1H2. The van der Waals surface area contributed by atoms with E-state index >= 15 is 0 Å². The summed E-state index contributed by atoms with van der Waals surface area (Å²) in [6.07, 6.45) is 14.5. The maximum atomic E-state index is 13.0. The van der Waals surface area contributed by atoms with E-state index in [4.69, 9.17) is 33.7 Å². The highest BCUT2D eigenvalue weighted by Gasteiger charge is 2.44. The molecule has 3 N–H and O–H groups in total. The van der Waals surface area contributed by atoms with E-state index < -0.39 is 18.1 Å². The molecule has 7 rings (SSSR count). The van der Waals surface area contributed by atoms with E-state index in [1.54, 1.807) is 6.92 Å². The summed E-state index contributed by atoms with van der Waals surface area (Å²) < 4.78 is 4.82. The van der Waals surface area contributed by atoms with Crippen LogP contribution in [0.5, 0.6) is 0 Å². The summed E-state index contributed by atoms with van der Waals surface area (Å²) in [4.78, 5) is 52.2. The van der Waals surface area contributed by atoms with Gasteiger partial charge in [-0.3, -0.25) is 9.69 Å². The second kappa shape index (κ2) is 25.7. The van der Waals surface area contributed by atoms with E-state index in [1.165, 1.54) is 60.6 Å². The van der Waals surface area contributed by atoms with Crippen molar-refractivity contribution in [1.82, 2.24) is 10.2 Å². The molecule has 2 unspecified atom stereocenters. The molecule has 2 aliphatic carbocycles. The number of ether oxygens (including phenoxy) is 1. The Hall–Kier alpha value is -4.79. The molecule has 4 aromatic carbocycles. The van der Waals surface area contributed by atoms with Crippen LogP contribution in [0.25, 0.3) is 0 Å². The predicted octanol–water partition coefficient (Wildman–Crippen LogP) is 9.82. The lowest BCUT2D eigenvalue weighted by atomic mass is 9.69. The van der Waals surface area contributed by atoms with Crippen LogP contribution in [-0.2, 0) is 42.8 Å². The van der Waals surface area contributed by atoms with Gasteiger partial charge in [-0.2, -0.15) is 4.99 Å². The Bertz CT molecular complexity index is 1900. The third kappa shape index (κ3) is 14.2. The van der Waals surface area contributed by atoms with Gasteiger partial charge in [-0.15, -0.1) is 23.2 Å². The Morgan fingerprint density at radius 3 is 1.68 bits per heavy atom. The van der Waals surface area contributed by atoms with Crippen LogP contribution in [-0.4, -0.2) is 66.0 Å². The number of carbonyl (C=O) groups is 3. The Kier molecular flexibility index (Phi) is 20.5. The predicted molar refractivity (Wildman–Crippen MR) is 241 cm³/mol. The number of hydrogen-bond acceptors (Lipinski definition) is 7. The first-order chi connectivity index (χ1) is 29.2. The van der Waals surface area contributed by atoms with Gasteiger partial charge in [-0.25, -0.2) is 14.4 Å². The molecule has 2 saturated carbocycles. The third-order valence-electron chi connectivity index (χ3n) is 11.7. The van der Waals surface area contributed by atoms with Crippen molar-refractivity contribution < 1.29 is 23.9 Å². The Labute approximate surface area is 366 Å². The fraction of sp³-hybridized carbons (Fsp3) is 0.429. The van der Waals surface area contributed by atoms with Crippen LogP contribution in [0.4, 0.5) is 4.79 Å². The number of rotatable bonds is 12. The van der Waals surface area contributed by atoms with E-state index in [2.05, 4.69) is 64.9 Å². The van der Waals surface area contributed by atoms with Crippen molar-refractivity contribution in [3.8, 4) is 0 Å². The Balaban J connectivity index is 0.000000206. The van der Waals surface area contributed by atoms with Gasteiger partial charge < -0.3 is 15.8 Å². The lowest BCUT2D eigenvalue weighted by Gasteiger charge is -2.40. The summed E-state index contributed by atoms with van der Waals surface area (Å²) >= 11 is 9.53. The zero-order valence-corrected chi connectivity index (χ0v) is 36.3. The van der Waals surface area contributed by atoms with E-state index in [0.717, 1.165) is 43.4 Å². The maximum absolute atomic E-state index is 13.0. The molecule has 11 heteroatoms. The maximum Gasteiger partial charge on any atom is 0.332 e. The number of imide groups is 1. The summed E-state index contributed by atoms with van der Waals surface area (Å²) in [7, 11) is 0.